The van der Waals surface area contributed by atoms with Crippen LogP contribution in [0, 0.1) is 0 Å². The molecule has 0 saturated carbocycles. The van der Waals surface area contributed by atoms with Gasteiger partial charge in [0.2, 0.25) is 5.91 Å². The normalized spacial score (nSPS) is 9.69. The Morgan fingerprint density at radius 1 is 1.46 bits per heavy atom. The highest BCUT2D eigenvalue weighted by Crippen LogP contribution is 2.21. The number of halogens is 2. The molecule has 1 amide bonds. The summed E-state index contributed by atoms with van der Waals surface area (Å²) in [6.07, 6.45) is 0.336. The Bertz CT molecular complexity index is 303. The van der Waals surface area contributed by atoms with E-state index in [1.165, 1.54) is 0 Å². The summed E-state index contributed by atoms with van der Waals surface area (Å²) in [5, 5.41) is 2.74. The average molecular weight is 263 g/mol. The van der Waals surface area contributed by atoms with Gasteiger partial charge in [0, 0.05) is 16.8 Å². The van der Waals surface area contributed by atoms with E-state index in [1.54, 1.807) is 0 Å². The maximum Gasteiger partial charge on any atom is 0.225 e. The van der Waals surface area contributed by atoms with Crippen molar-refractivity contribution >= 4 is 39.1 Å². The summed E-state index contributed by atoms with van der Waals surface area (Å²) in [4.78, 5) is 11.1. The van der Waals surface area contributed by atoms with Crippen LogP contribution in [0.3, 0.4) is 0 Å². The standard InChI is InChI=1S/C9H9BrClNO/c10-7-3-1-2-4-8(7)12-9(13)5-6-11/h1-4H,5-6H2,(H,12,13). The van der Waals surface area contributed by atoms with Crippen molar-refractivity contribution in [1.82, 2.24) is 0 Å². The van der Waals surface area contributed by atoms with Gasteiger partial charge < -0.3 is 5.32 Å². The first kappa shape index (κ1) is 10.5. The summed E-state index contributed by atoms with van der Waals surface area (Å²) in [6.45, 7) is 0. The molecule has 0 heterocycles. The Hall–Kier alpha value is -0.540. The number of hydrogen-bond donors (Lipinski definition) is 1. The lowest BCUT2D eigenvalue weighted by atomic mass is 10.3. The summed E-state index contributed by atoms with van der Waals surface area (Å²) in [7, 11) is 0. The Morgan fingerprint density at radius 2 is 2.15 bits per heavy atom. The second kappa shape index (κ2) is 5.25. The maximum absolute atomic E-state index is 11.1. The van der Waals surface area contributed by atoms with Gasteiger partial charge in [-0.2, -0.15) is 0 Å². The van der Waals surface area contributed by atoms with Gasteiger partial charge in [-0.25, -0.2) is 0 Å². The van der Waals surface area contributed by atoms with Crippen LogP contribution in [-0.2, 0) is 4.79 Å². The zero-order chi connectivity index (χ0) is 9.68. The zero-order valence-electron chi connectivity index (χ0n) is 6.89. The monoisotopic (exact) mass is 261 g/mol. The summed E-state index contributed by atoms with van der Waals surface area (Å²) < 4.78 is 0.873. The van der Waals surface area contributed by atoms with Crippen LogP contribution in [0.15, 0.2) is 28.7 Å². The molecule has 0 saturated heterocycles. The van der Waals surface area contributed by atoms with Gasteiger partial charge in [-0.15, -0.1) is 11.6 Å². The van der Waals surface area contributed by atoms with Gasteiger partial charge in [0.25, 0.3) is 0 Å². The third-order valence-electron chi connectivity index (χ3n) is 1.47. The molecule has 0 atom stereocenters. The van der Waals surface area contributed by atoms with Crippen LogP contribution in [0.5, 0.6) is 0 Å². The van der Waals surface area contributed by atoms with Gasteiger partial charge >= 0.3 is 0 Å². The fourth-order valence-electron chi connectivity index (χ4n) is 0.861. The van der Waals surface area contributed by atoms with Gasteiger partial charge in [-0.3, -0.25) is 4.79 Å². The number of carbonyl (C=O) groups excluding carboxylic acids is 1. The quantitative estimate of drug-likeness (QED) is 0.834. The number of hydrogen-bond acceptors (Lipinski definition) is 1. The summed E-state index contributed by atoms with van der Waals surface area (Å²) in [5.41, 5.74) is 0.776. The largest absolute Gasteiger partial charge is 0.325 e. The Labute approximate surface area is 90.4 Å². The molecule has 0 aliphatic carbocycles. The molecular weight excluding hydrogens is 253 g/mol. The van der Waals surface area contributed by atoms with Crippen molar-refractivity contribution in [3.63, 3.8) is 0 Å². The fraction of sp³-hybridized carbons (Fsp3) is 0.222. The maximum atomic E-state index is 11.1. The molecule has 0 radical (unpaired) electrons. The molecule has 0 spiro atoms. The first-order chi connectivity index (χ1) is 6.24. The molecule has 1 rings (SSSR count). The van der Waals surface area contributed by atoms with E-state index in [0.717, 1.165) is 10.2 Å². The van der Waals surface area contributed by atoms with Crippen molar-refractivity contribution in [2.45, 2.75) is 6.42 Å². The van der Waals surface area contributed by atoms with E-state index in [-0.39, 0.29) is 5.91 Å². The summed E-state index contributed by atoms with van der Waals surface area (Å²) in [6, 6.07) is 7.45. The van der Waals surface area contributed by atoms with Gasteiger partial charge in [0.1, 0.15) is 0 Å². The Balaban J connectivity index is 2.63. The summed E-state index contributed by atoms with van der Waals surface area (Å²) in [5.74, 6) is 0.276. The smallest absolute Gasteiger partial charge is 0.225 e. The van der Waals surface area contributed by atoms with Crippen molar-refractivity contribution in [2.75, 3.05) is 11.2 Å². The molecule has 13 heavy (non-hydrogen) atoms. The topological polar surface area (TPSA) is 29.1 Å². The number of alkyl halides is 1. The van der Waals surface area contributed by atoms with E-state index < -0.39 is 0 Å². The number of anilines is 1. The molecule has 1 aromatic carbocycles. The first-order valence-corrected chi connectivity index (χ1v) is 5.17. The molecule has 2 nitrogen and oxygen atoms in total. The minimum absolute atomic E-state index is 0.0677. The number of rotatable bonds is 3. The van der Waals surface area contributed by atoms with Crippen LogP contribution >= 0.6 is 27.5 Å². The highest BCUT2D eigenvalue weighted by Gasteiger charge is 2.02. The fourth-order valence-corrected chi connectivity index (χ4v) is 1.42. The van der Waals surface area contributed by atoms with Crippen molar-refractivity contribution in [1.29, 1.82) is 0 Å². The van der Waals surface area contributed by atoms with Crippen LogP contribution < -0.4 is 5.32 Å². The molecule has 1 aromatic rings. The van der Waals surface area contributed by atoms with Crippen molar-refractivity contribution in [3.8, 4) is 0 Å². The molecule has 0 aliphatic heterocycles. The van der Waals surface area contributed by atoms with Crippen molar-refractivity contribution < 1.29 is 4.79 Å². The predicted molar refractivity (Wildman–Crippen MR) is 58.1 cm³/mol. The average Bonchev–Trinajstić information content (AvgIpc) is 2.09. The number of benzene rings is 1. The van der Waals surface area contributed by atoms with Crippen LogP contribution in [0.4, 0.5) is 5.69 Å². The Kier molecular flexibility index (Phi) is 4.25. The van der Waals surface area contributed by atoms with Crippen molar-refractivity contribution in [3.05, 3.63) is 28.7 Å². The Morgan fingerprint density at radius 3 is 2.77 bits per heavy atom. The van der Waals surface area contributed by atoms with Crippen LogP contribution in [0.1, 0.15) is 6.42 Å². The van der Waals surface area contributed by atoms with E-state index in [1.807, 2.05) is 24.3 Å². The van der Waals surface area contributed by atoms with Gasteiger partial charge in [0.15, 0.2) is 0 Å². The lowest BCUT2D eigenvalue weighted by Crippen LogP contribution is -2.11. The molecule has 0 bridgehead atoms. The zero-order valence-corrected chi connectivity index (χ0v) is 9.23. The van der Waals surface area contributed by atoms with Crippen LogP contribution in [0.2, 0.25) is 0 Å². The van der Waals surface area contributed by atoms with Gasteiger partial charge in [-0.1, -0.05) is 12.1 Å². The van der Waals surface area contributed by atoms with Crippen molar-refractivity contribution in [2.24, 2.45) is 0 Å². The van der Waals surface area contributed by atoms with Gasteiger partial charge in [-0.05, 0) is 28.1 Å². The lowest BCUT2D eigenvalue weighted by Gasteiger charge is -2.05. The third-order valence-corrected chi connectivity index (χ3v) is 2.35. The molecule has 4 heteroatoms. The number of carbonyl (C=O) groups is 1. The van der Waals surface area contributed by atoms with E-state index in [0.29, 0.717) is 12.3 Å². The van der Waals surface area contributed by atoms with E-state index >= 15 is 0 Å². The molecule has 70 valence electrons. The molecular formula is C9H9BrClNO. The second-order valence-corrected chi connectivity index (χ2v) is 3.70. The molecule has 0 fully saturated rings. The molecule has 0 aromatic heterocycles. The van der Waals surface area contributed by atoms with Crippen LogP contribution in [-0.4, -0.2) is 11.8 Å². The SMILES string of the molecule is O=C(CCCl)Nc1ccccc1Br. The molecule has 0 aliphatic rings. The molecule has 0 unspecified atom stereocenters. The minimum Gasteiger partial charge on any atom is -0.325 e. The third kappa shape index (κ3) is 3.36. The highest BCUT2D eigenvalue weighted by molar-refractivity contribution is 9.10. The molecule has 1 N–H and O–H groups in total. The predicted octanol–water partition coefficient (Wildman–Crippen LogP) is 3.02. The number of nitrogens with one attached hydrogen (secondary N) is 1. The van der Waals surface area contributed by atoms with E-state index in [9.17, 15) is 4.79 Å². The highest BCUT2D eigenvalue weighted by atomic mass is 79.9. The second-order valence-electron chi connectivity index (χ2n) is 2.47. The lowest BCUT2D eigenvalue weighted by molar-refractivity contribution is -0.115. The number of amides is 1. The summed E-state index contributed by atoms with van der Waals surface area (Å²) >= 11 is 8.76. The number of para-hydroxylation sites is 1. The van der Waals surface area contributed by atoms with E-state index in [4.69, 9.17) is 11.6 Å². The van der Waals surface area contributed by atoms with Gasteiger partial charge in [0.05, 0.1) is 5.69 Å². The first-order valence-electron chi connectivity index (χ1n) is 3.84. The van der Waals surface area contributed by atoms with E-state index in [2.05, 4.69) is 21.2 Å². The van der Waals surface area contributed by atoms with Crippen LogP contribution in [0.25, 0.3) is 0 Å². The minimum atomic E-state index is -0.0677.